The lowest BCUT2D eigenvalue weighted by Crippen LogP contribution is -2.24. The molecule has 1 aliphatic heterocycles. The molecule has 1 N–H and O–H groups in total. The topological polar surface area (TPSA) is 75.5 Å². The van der Waals surface area contributed by atoms with Gasteiger partial charge in [-0.2, -0.15) is 4.98 Å². The van der Waals surface area contributed by atoms with Crippen molar-refractivity contribution in [3.63, 3.8) is 0 Å². The first-order chi connectivity index (χ1) is 9.01. The first-order valence-corrected chi connectivity index (χ1v) is 6.47. The average molecular weight is 265 g/mol. The largest absolute Gasteiger partial charge is 0.481 e. The molecular formula is C13H19N3O3. The standard InChI is InChI=1S/C13H19N3O3/c1-4-19-12-5-11(14-9(3)15-12)16-6-8(2)10(7-16)13(17)18/h5,8,10H,4,6-7H2,1-3H3,(H,17,18). The minimum atomic E-state index is -0.745. The summed E-state index contributed by atoms with van der Waals surface area (Å²) in [4.78, 5) is 21.7. The van der Waals surface area contributed by atoms with Crippen LogP contribution < -0.4 is 9.64 Å². The molecule has 0 radical (unpaired) electrons. The number of anilines is 1. The maximum absolute atomic E-state index is 11.1. The number of ether oxygens (including phenoxy) is 1. The second-order valence-corrected chi connectivity index (χ2v) is 4.87. The summed E-state index contributed by atoms with van der Waals surface area (Å²) < 4.78 is 5.39. The molecule has 0 spiro atoms. The fourth-order valence-corrected chi connectivity index (χ4v) is 2.38. The van der Waals surface area contributed by atoms with E-state index in [1.807, 2.05) is 18.7 Å². The summed E-state index contributed by atoms with van der Waals surface area (Å²) in [5, 5.41) is 9.16. The third kappa shape index (κ3) is 2.94. The van der Waals surface area contributed by atoms with E-state index in [1.54, 1.807) is 13.0 Å². The lowest BCUT2D eigenvalue weighted by molar-refractivity contribution is -0.142. The zero-order valence-electron chi connectivity index (χ0n) is 11.5. The molecule has 1 aromatic heterocycles. The first kappa shape index (κ1) is 13.6. The summed E-state index contributed by atoms with van der Waals surface area (Å²) in [6.45, 7) is 7.38. The van der Waals surface area contributed by atoms with E-state index in [-0.39, 0.29) is 11.8 Å². The number of aliphatic carboxylic acids is 1. The molecule has 0 aliphatic carbocycles. The van der Waals surface area contributed by atoms with Crippen LogP contribution in [0.1, 0.15) is 19.7 Å². The van der Waals surface area contributed by atoms with Gasteiger partial charge in [0.2, 0.25) is 5.88 Å². The molecule has 19 heavy (non-hydrogen) atoms. The van der Waals surface area contributed by atoms with Crippen molar-refractivity contribution in [1.82, 2.24) is 9.97 Å². The minimum absolute atomic E-state index is 0.114. The lowest BCUT2D eigenvalue weighted by atomic mass is 9.99. The number of rotatable bonds is 4. The number of hydrogen-bond acceptors (Lipinski definition) is 5. The van der Waals surface area contributed by atoms with E-state index >= 15 is 0 Å². The summed E-state index contributed by atoms with van der Waals surface area (Å²) in [5.41, 5.74) is 0. The Morgan fingerprint density at radius 3 is 2.84 bits per heavy atom. The Bertz CT molecular complexity index is 478. The molecule has 0 bridgehead atoms. The number of carboxylic acid groups (broad SMARTS) is 1. The molecule has 2 unspecified atom stereocenters. The van der Waals surface area contributed by atoms with Crippen LogP contribution in [-0.4, -0.2) is 40.7 Å². The van der Waals surface area contributed by atoms with Crippen molar-refractivity contribution in [2.75, 3.05) is 24.6 Å². The van der Waals surface area contributed by atoms with E-state index in [0.717, 1.165) is 5.82 Å². The molecular weight excluding hydrogens is 246 g/mol. The van der Waals surface area contributed by atoms with Gasteiger partial charge in [-0.05, 0) is 19.8 Å². The molecule has 0 amide bonds. The van der Waals surface area contributed by atoms with E-state index in [9.17, 15) is 4.79 Å². The highest BCUT2D eigenvalue weighted by atomic mass is 16.5. The van der Waals surface area contributed by atoms with E-state index in [1.165, 1.54) is 0 Å². The Morgan fingerprint density at radius 1 is 1.53 bits per heavy atom. The predicted molar refractivity (Wildman–Crippen MR) is 70.4 cm³/mol. The van der Waals surface area contributed by atoms with Crippen molar-refractivity contribution in [2.45, 2.75) is 20.8 Å². The van der Waals surface area contributed by atoms with Crippen LogP contribution in [0.2, 0.25) is 0 Å². The molecule has 1 saturated heterocycles. The SMILES string of the molecule is CCOc1cc(N2CC(C)C(C(=O)O)C2)nc(C)n1. The van der Waals surface area contributed by atoms with Gasteiger partial charge in [-0.3, -0.25) is 4.79 Å². The van der Waals surface area contributed by atoms with E-state index in [4.69, 9.17) is 9.84 Å². The van der Waals surface area contributed by atoms with Crippen molar-refractivity contribution in [1.29, 1.82) is 0 Å². The molecule has 6 nitrogen and oxygen atoms in total. The van der Waals surface area contributed by atoms with Crippen LogP contribution in [0.4, 0.5) is 5.82 Å². The zero-order chi connectivity index (χ0) is 14.0. The third-order valence-electron chi connectivity index (χ3n) is 3.35. The zero-order valence-corrected chi connectivity index (χ0v) is 11.5. The third-order valence-corrected chi connectivity index (χ3v) is 3.35. The van der Waals surface area contributed by atoms with Gasteiger partial charge in [0, 0.05) is 19.2 Å². The molecule has 2 heterocycles. The number of carbonyl (C=O) groups is 1. The van der Waals surface area contributed by atoms with Crippen LogP contribution in [-0.2, 0) is 4.79 Å². The maximum atomic E-state index is 11.1. The van der Waals surface area contributed by atoms with Crippen molar-refractivity contribution in [3.8, 4) is 5.88 Å². The number of carboxylic acids is 1. The summed E-state index contributed by atoms with van der Waals surface area (Å²) in [6, 6.07) is 1.77. The van der Waals surface area contributed by atoms with E-state index < -0.39 is 5.97 Å². The highest BCUT2D eigenvalue weighted by Crippen LogP contribution is 2.28. The molecule has 0 aromatic carbocycles. The highest BCUT2D eigenvalue weighted by Gasteiger charge is 2.35. The van der Waals surface area contributed by atoms with Gasteiger partial charge in [0.25, 0.3) is 0 Å². The molecule has 6 heteroatoms. The fraction of sp³-hybridized carbons (Fsp3) is 0.615. The minimum Gasteiger partial charge on any atom is -0.481 e. The first-order valence-electron chi connectivity index (χ1n) is 6.47. The number of aromatic nitrogens is 2. The summed E-state index contributed by atoms with van der Waals surface area (Å²) in [6.07, 6.45) is 0. The Hall–Kier alpha value is -1.85. The van der Waals surface area contributed by atoms with Crippen LogP contribution >= 0.6 is 0 Å². The Balaban J connectivity index is 2.21. The van der Waals surface area contributed by atoms with Crippen molar-refractivity contribution >= 4 is 11.8 Å². The van der Waals surface area contributed by atoms with Gasteiger partial charge in [-0.15, -0.1) is 0 Å². The maximum Gasteiger partial charge on any atom is 0.308 e. The summed E-state index contributed by atoms with van der Waals surface area (Å²) in [5.74, 6) is 0.940. The molecule has 1 aliphatic rings. The van der Waals surface area contributed by atoms with Gasteiger partial charge in [-0.25, -0.2) is 4.98 Å². The molecule has 104 valence electrons. The highest BCUT2D eigenvalue weighted by molar-refractivity contribution is 5.72. The second-order valence-electron chi connectivity index (χ2n) is 4.87. The average Bonchev–Trinajstić information content (AvgIpc) is 2.71. The molecule has 1 aromatic rings. The normalized spacial score (nSPS) is 22.6. The van der Waals surface area contributed by atoms with Gasteiger partial charge < -0.3 is 14.7 Å². The molecule has 2 rings (SSSR count). The monoisotopic (exact) mass is 265 g/mol. The number of aryl methyl sites for hydroxylation is 1. The lowest BCUT2D eigenvalue weighted by Gasteiger charge is -2.18. The van der Waals surface area contributed by atoms with Crippen LogP contribution in [0.15, 0.2) is 6.07 Å². The second kappa shape index (κ2) is 5.42. The Morgan fingerprint density at radius 2 is 2.26 bits per heavy atom. The van der Waals surface area contributed by atoms with E-state index in [0.29, 0.717) is 31.4 Å². The molecule has 2 atom stereocenters. The van der Waals surface area contributed by atoms with Gasteiger partial charge in [-0.1, -0.05) is 6.92 Å². The summed E-state index contributed by atoms with van der Waals surface area (Å²) >= 11 is 0. The van der Waals surface area contributed by atoms with Crippen molar-refractivity contribution < 1.29 is 14.6 Å². The number of hydrogen-bond donors (Lipinski definition) is 1. The number of nitrogens with zero attached hydrogens (tertiary/aromatic N) is 3. The van der Waals surface area contributed by atoms with Crippen LogP contribution in [0.25, 0.3) is 0 Å². The smallest absolute Gasteiger partial charge is 0.308 e. The predicted octanol–water partition coefficient (Wildman–Crippen LogP) is 1.34. The fourth-order valence-electron chi connectivity index (χ4n) is 2.38. The van der Waals surface area contributed by atoms with Crippen molar-refractivity contribution in [3.05, 3.63) is 11.9 Å². The van der Waals surface area contributed by atoms with Crippen LogP contribution in [0.3, 0.4) is 0 Å². The molecule has 0 saturated carbocycles. The molecule has 1 fully saturated rings. The Labute approximate surface area is 112 Å². The van der Waals surface area contributed by atoms with Crippen LogP contribution in [0, 0.1) is 18.8 Å². The van der Waals surface area contributed by atoms with Gasteiger partial charge in [0.15, 0.2) is 0 Å². The summed E-state index contributed by atoms with van der Waals surface area (Å²) in [7, 11) is 0. The Kier molecular flexibility index (Phi) is 3.87. The van der Waals surface area contributed by atoms with Crippen LogP contribution in [0.5, 0.6) is 5.88 Å². The van der Waals surface area contributed by atoms with Gasteiger partial charge >= 0.3 is 5.97 Å². The van der Waals surface area contributed by atoms with Gasteiger partial charge in [0.1, 0.15) is 11.6 Å². The quantitative estimate of drug-likeness (QED) is 0.885. The van der Waals surface area contributed by atoms with E-state index in [2.05, 4.69) is 9.97 Å². The van der Waals surface area contributed by atoms with Crippen molar-refractivity contribution in [2.24, 2.45) is 11.8 Å². The van der Waals surface area contributed by atoms with Gasteiger partial charge in [0.05, 0.1) is 12.5 Å².